The van der Waals surface area contributed by atoms with E-state index in [-0.39, 0.29) is 12.4 Å². The highest BCUT2D eigenvalue weighted by Crippen LogP contribution is 2.24. The third-order valence-electron chi connectivity index (χ3n) is 3.72. The molecule has 0 amide bonds. The molecule has 0 aliphatic carbocycles. The molecule has 0 atom stereocenters. The Kier molecular flexibility index (Phi) is 7.66. The monoisotopic (exact) mass is 379 g/mol. The van der Waals surface area contributed by atoms with Crippen LogP contribution in [0, 0.1) is 11.6 Å². The molecule has 2 aromatic rings. The summed E-state index contributed by atoms with van der Waals surface area (Å²) in [5.74, 6) is 0.417. The second-order valence-electron chi connectivity index (χ2n) is 5.45. The van der Waals surface area contributed by atoms with Gasteiger partial charge in [0.2, 0.25) is 0 Å². The van der Waals surface area contributed by atoms with E-state index >= 15 is 0 Å². The molecular formula is C19H23F2N3O3. The lowest BCUT2D eigenvalue weighted by atomic mass is 10.2. The van der Waals surface area contributed by atoms with E-state index < -0.39 is 11.6 Å². The molecule has 27 heavy (non-hydrogen) atoms. The van der Waals surface area contributed by atoms with Gasteiger partial charge in [0.15, 0.2) is 17.6 Å². The Bertz CT molecular complexity index is 785. The van der Waals surface area contributed by atoms with Crippen LogP contribution in [-0.4, -0.2) is 40.4 Å². The molecule has 0 aliphatic heterocycles. The molecule has 146 valence electrons. The van der Waals surface area contributed by atoms with Gasteiger partial charge in [0, 0.05) is 31.3 Å². The first-order valence-corrected chi connectivity index (χ1v) is 8.30. The van der Waals surface area contributed by atoms with Crippen LogP contribution in [0.2, 0.25) is 0 Å². The first kappa shape index (κ1) is 20.3. The second-order valence-corrected chi connectivity index (χ2v) is 5.45. The molecule has 0 unspecified atom stereocenters. The minimum absolute atomic E-state index is 0.262. The Morgan fingerprint density at radius 1 is 0.963 bits per heavy atom. The summed E-state index contributed by atoms with van der Waals surface area (Å²) in [5.41, 5.74) is 0.944. The van der Waals surface area contributed by atoms with Gasteiger partial charge in [0.1, 0.15) is 23.9 Å². The zero-order valence-electron chi connectivity index (χ0n) is 15.5. The van der Waals surface area contributed by atoms with Crippen LogP contribution in [0.3, 0.4) is 0 Å². The van der Waals surface area contributed by atoms with Crippen LogP contribution in [-0.2, 0) is 6.54 Å². The quantitative estimate of drug-likeness (QED) is 0.420. The minimum Gasteiger partial charge on any atom is -0.497 e. The summed E-state index contributed by atoms with van der Waals surface area (Å²) in [5, 5.41) is 6.24. The van der Waals surface area contributed by atoms with Gasteiger partial charge >= 0.3 is 0 Å². The number of guanidine groups is 1. The average Bonchev–Trinajstić information content (AvgIpc) is 2.69. The Balaban J connectivity index is 1.80. The van der Waals surface area contributed by atoms with E-state index in [0.717, 1.165) is 17.7 Å². The number of methoxy groups -OCH3 is 2. The van der Waals surface area contributed by atoms with Crippen LogP contribution in [0.5, 0.6) is 17.2 Å². The number of benzene rings is 2. The highest BCUT2D eigenvalue weighted by Gasteiger charge is 2.07. The van der Waals surface area contributed by atoms with Crippen molar-refractivity contribution in [3.63, 3.8) is 0 Å². The Morgan fingerprint density at radius 2 is 1.74 bits per heavy atom. The Morgan fingerprint density at radius 3 is 2.41 bits per heavy atom. The van der Waals surface area contributed by atoms with Crippen molar-refractivity contribution in [2.24, 2.45) is 4.99 Å². The third-order valence-corrected chi connectivity index (χ3v) is 3.72. The average molecular weight is 379 g/mol. The van der Waals surface area contributed by atoms with Crippen molar-refractivity contribution in [2.75, 3.05) is 34.4 Å². The van der Waals surface area contributed by atoms with Gasteiger partial charge in [-0.15, -0.1) is 0 Å². The highest BCUT2D eigenvalue weighted by atomic mass is 19.2. The summed E-state index contributed by atoms with van der Waals surface area (Å²) in [7, 11) is 4.85. The fraction of sp³-hybridized carbons (Fsp3) is 0.316. The molecule has 0 aromatic heterocycles. The number of nitrogens with zero attached hydrogens (tertiary/aromatic N) is 1. The maximum atomic E-state index is 13.1. The summed E-state index contributed by atoms with van der Waals surface area (Å²) in [6, 6.07) is 8.99. The molecule has 0 heterocycles. The zero-order chi connectivity index (χ0) is 19.6. The van der Waals surface area contributed by atoms with Crippen LogP contribution >= 0.6 is 0 Å². The van der Waals surface area contributed by atoms with Crippen LogP contribution < -0.4 is 24.8 Å². The fourth-order valence-corrected chi connectivity index (χ4v) is 2.30. The molecule has 2 aromatic carbocycles. The number of rotatable bonds is 8. The van der Waals surface area contributed by atoms with Gasteiger partial charge in [-0.3, -0.25) is 4.99 Å². The van der Waals surface area contributed by atoms with Crippen molar-refractivity contribution in [3.8, 4) is 17.2 Å². The molecule has 0 saturated carbocycles. The number of hydrogen-bond acceptors (Lipinski definition) is 4. The van der Waals surface area contributed by atoms with Gasteiger partial charge in [-0.1, -0.05) is 0 Å². The van der Waals surface area contributed by atoms with Gasteiger partial charge in [-0.2, -0.15) is 0 Å². The van der Waals surface area contributed by atoms with Crippen LogP contribution in [0.1, 0.15) is 5.56 Å². The predicted molar refractivity (Wildman–Crippen MR) is 99.6 cm³/mol. The van der Waals surface area contributed by atoms with Crippen molar-refractivity contribution in [3.05, 3.63) is 53.6 Å². The van der Waals surface area contributed by atoms with Crippen LogP contribution in [0.25, 0.3) is 0 Å². The molecule has 0 spiro atoms. The van der Waals surface area contributed by atoms with Crippen molar-refractivity contribution < 1.29 is 23.0 Å². The topological polar surface area (TPSA) is 64.1 Å². The van der Waals surface area contributed by atoms with Crippen molar-refractivity contribution in [1.82, 2.24) is 10.6 Å². The Hall–Kier alpha value is -3.03. The zero-order valence-corrected chi connectivity index (χ0v) is 15.5. The highest BCUT2D eigenvalue weighted by molar-refractivity contribution is 5.79. The standard InChI is InChI=1S/C19H23F2N3O3/c1-22-19(23-8-9-27-15-6-7-16(20)17(21)10-15)24-12-13-4-5-14(25-2)11-18(13)26-3/h4-7,10-11H,8-9,12H2,1-3H3,(H2,22,23,24). The van der Waals surface area contributed by atoms with Crippen molar-refractivity contribution >= 4 is 5.96 Å². The fourth-order valence-electron chi connectivity index (χ4n) is 2.30. The smallest absolute Gasteiger partial charge is 0.191 e. The molecule has 0 aliphatic rings. The van der Waals surface area contributed by atoms with Gasteiger partial charge in [0.05, 0.1) is 20.8 Å². The van der Waals surface area contributed by atoms with Crippen LogP contribution in [0.15, 0.2) is 41.4 Å². The third kappa shape index (κ3) is 6.02. The second kappa shape index (κ2) is 10.2. The number of halogens is 2. The number of nitrogens with one attached hydrogen (secondary N) is 2. The largest absolute Gasteiger partial charge is 0.497 e. The SMILES string of the molecule is CN=C(NCCOc1ccc(F)c(F)c1)NCc1ccc(OC)cc1OC. The lowest BCUT2D eigenvalue weighted by Gasteiger charge is -2.15. The summed E-state index contributed by atoms with van der Waals surface area (Å²) in [6.07, 6.45) is 0. The normalized spacial score (nSPS) is 11.1. The molecule has 2 rings (SSSR count). The summed E-state index contributed by atoms with van der Waals surface area (Å²) in [6.45, 7) is 1.19. The summed E-state index contributed by atoms with van der Waals surface area (Å²) < 4.78 is 41.9. The molecule has 6 nitrogen and oxygen atoms in total. The van der Waals surface area contributed by atoms with Gasteiger partial charge in [-0.05, 0) is 24.3 Å². The molecular weight excluding hydrogens is 356 g/mol. The number of aliphatic imine (C=N–C) groups is 1. The lowest BCUT2D eigenvalue weighted by molar-refractivity contribution is 0.318. The van der Waals surface area contributed by atoms with Gasteiger partial charge < -0.3 is 24.8 Å². The minimum atomic E-state index is -0.939. The first-order chi connectivity index (χ1) is 13.1. The van der Waals surface area contributed by atoms with Crippen molar-refractivity contribution in [1.29, 1.82) is 0 Å². The number of hydrogen-bond donors (Lipinski definition) is 2. The molecule has 2 N–H and O–H groups in total. The Labute approximate surface area is 157 Å². The predicted octanol–water partition coefficient (Wildman–Crippen LogP) is 2.73. The first-order valence-electron chi connectivity index (χ1n) is 8.30. The maximum absolute atomic E-state index is 13.1. The van der Waals surface area contributed by atoms with Gasteiger partial charge in [0.25, 0.3) is 0 Å². The van der Waals surface area contributed by atoms with E-state index in [4.69, 9.17) is 14.2 Å². The van der Waals surface area contributed by atoms with Crippen LogP contribution in [0.4, 0.5) is 8.78 Å². The number of ether oxygens (including phenoxy) is 3. The van der Waals surface area contributed by atoms with Gasteiger partial charge in [-0.25, -0.2) is 8.78 Å². The molecule has 0 saturated heterocycles. The van der Waals surface area contributed by atoms with E-state index in [0.29, 0.717) is 30.5 Å². The summed E-state index contributed by atoms with van der Waals surface area (Å²) >= 11 is 0. The van der Waals surface area contributed by atoms with E-state index in [1.165, 1.54) is 6.07 Å². The molecule has 0 radical (unpaired) electrons. The maximum Gasteiger partial charge on any atom is 0.191 e. The van der Waals surface area contributed by atoms with Crippen molar-refractivity contribution in [2.45, 2.75) is 6.54 Å². The molecule has 0 fully saturated rings. The van der Waals surface area contributed by atoms with E-state index in [9.17, 15) is 8.78 Å². The molecule has 0 bridgehead atoms. The van der Waals surface area contributed by atoms with E-state index in [2.05, 4.69) is 15.6 Å². The van der Waals surface area contributed by atoms with E-state index in [1.807, 2.05) is 18.2 Å². The lowest BCUT2D eigenvalue weighted by Crippen LogP contribution is -2.38. The summed E-state index contributed by atoms with van der Waals surface area (Å²) in [4.78, 5) is 4.13. The van der Waals surface area contributed by atoms with E-state index in [1.54, 1.807) is 21.3 Å². The molecule has 8 heteroatoms.